The lowest BCUT2D eigenvalue weighted by Gasteiger charge is -2.31. The van der Waals surface area contributed by atoms with Crippen molar-refractivity contribution in [2.24, 2.45) is 5.92 Å². The molecule has 1 fully saturated rings. The Balaban J connectivity index is 1.87. The molecule has 1 aliphatic rings. The fourth-order valence-electron chi connectivity index (χ4n) is 2.05. The molecular formula is C13H17FN2O2. The molecule has 0 aromatic heterocycles. The van der Waals surface area contributed by atoms with Gasteiger partial charge in [-0.3, -0.25) is 0 Å². The van der Waals surface area contributed by atoms with E-state index in [-0.39, 0.29) is 18.5 Å². The molecular weight excluding hydrogens is 235 g/mol. The van der Waals surface area contributed by atoms with E-state index < -0.39 is 0 Å². The van der Waals surface area contributed by atoms with Gasteiger partial charge in [-0.2, -0.15) is 0 Å². The Bertz CT molecular complexity index is 400. The van der Waals surface area contributed by atoms with Crippen molar-refractivity contribution in [1.29, 1.82) is 0 Å². The highest BCUT2D eigenvalue weighted by Crippen LogP contribution is 2.17. The summed E-state index contributed by atoms with van der Waals surface area (Å²) in [5.74, 6) is -0.0170. The van der Waals surface area contributed by atoms with Crippen molar-refractivity contribution in [3.63, 3.8) is 0 Å². The Morgan fingerprint density at radius 2 is 1.94 bits per heavy atom. The summed E-state index contributed by atoms with van der Waals surface area (Å²) in [6.07, 6.45) is 1.65. The van der Waals surface area contributed by atoms with Crippen LogP contribution in [0.25, 0.3) is 0 Å². The van der Waals surface area contributed by atoms with Crippen LogP contribution < -0.4 is 5.32 Å². The van der Waals surface area contributed by atoms with Gasteiger partial charge in [0.1, 0.15) is 5.82 Å². The predicted molar refractivity (Wildman–Crippen MR) is 66.8 cm³/mol. The van der Waals surface area contributed by atoms with Crippen LogP contribution in [0.1, 0.15) is 12.8 Å². The van der Waals surface area contributed by atoms with Crippen LogP contribution in [0, 0.1) is 11.7 Å². The third-order valence-electron chi connectivity index (χ3n) is 3.26. The molecule has 1 aliphatic heterocycles. The lowest BCUT2D eigenvalue weighted by atomic mass is 9.98. The molecule has 1 heterocycles. The van der Waals surface area contributed by atoms with Crippen LogP contribution in [0.3, 0.4) is 0 Å². The number of hydrogen-bond acceptors (Lipinski definition) is 2. The van der Waals surface area contributed by atoms with Crippen molar-refractivity contribution in [2.75, 3.05) is 25.0 Å². The molecule has 2 amide bonds. The Morgan fingerprint density at radius 3 is 2.50 bits per heavy atom. The summed E-state index contributed by atoms with van der Waals surface area (Å²) < 4.78 is 12.7. The molecule has 1 saturated heterocycles. The highest BCUT2D eigenvalue weighted by Gasteiger charge is 2.22. The molecule has 1 aromatic rings. The first-order valence-corrected chi connectivity index (χ1v) is 6.11. The molecule has 2 N–H and O–H groups in total. The summed E-state index contributed by atoms with van der Waals surface area (Å²) in [6.45, 7) is 1.49. The number of hydrogen-bond donors (Lipinski definition) is 2. The van der Waals surface area contributed by atoms with Crippen LogP contribution in [0.15, 0.2) is 24.3 Å². The number of anilines is 1. The Kier molecular flexibility index (Phi) is 4.15. The average molecular weight is 252 g/mol. The lowest BCUT2D eigenvalue weighted by Crippen LogP contribution is -2.41. The maximum atomic E-state index is 12.7. The number of aliphatic hydroxyl groups excluding tert-OH is 1. The number of likely N-dealkylation sites (tertiary alicyclic amines) is 1. The zero-order chi connectivity index (χ0) is 13.0. The molecule has 0 bridgehead atoms. The number of halogens is 1. The SMILES string of the molecule is O=C(Nc1ccc(F)cc1)N1CCC(CO)CC1. The molecule has 1 aromatic carbocycles. The van der Waals surface area contributed by atoms with Crippen molar-refractivity contribution in [3.05, 3.63) is 30.1 Å². The molecule has 0 aliphatic carbocycles. The first-order chi connectivity index (χ1) is 8.69. The van der Waals surface area contributed by atoms with E-state index in [2.05, 4.69) is 5.32 Å². The Labute approximate surface area is 105 Å². The summed E-state index contributed by atoms with van der Waals surface area (Å²) in [7, 11) is 0. The monoisotopic (exact) mass is 252 g/mol. The summed E-state index contributed by atoms with van der Waals surface area (Å²) in [6, 6.07) is 5.53. The number of urea groups is 1. The molecule has 0 atom stereocenters. The topological polar surface area (TPSA) is 52.6 Å². The van der Waals surface area contributed by atoms with Crippen molar-refractivity contribution in [2.45, 2.75) is 12.8 Å². The molecule has 5 heteroatoms. The van der Waals surface area contributed by atoms with E-state index in [1.807, 2.05) is 0 Å². The first kappa shape index (κ1) is 12.8. The minimum absolute atomic E-state index is 0.169. The molecule has 0 unspecified atom stereocenters. The molecule has 2 rings (SSSR count). The minimum atomic E-state index is -0.322. The van der Waals surface area contributed by atoms with Crippen LogP contribution in [-0.2, 0) is 0 Å². The number of aliphatic hydroxyl groups is 1. The first-order valence-electron chi connectivity index (χ1n) is 6.11. The fraction of sp³-hybridized carbons (Fsp3) is 0.462. The number of rotatable bonds is 2. The van der Waals surface area contributed by atoms with Crippen LogP contribution in [0.4, 0.5) is 14.9 Å². The largest absolute Gasteiger partial charge is 0.396 e. The lowest BCUT2D eigenvalue weighted by molar-refractivity contribution is 0.143. The molecule has 4 nitrogen and oxygen atoms in total. The second-order valence-electron chi connectivity index (χ2n) is 4.55. The van der Waals surface area contributed by atoms with Crippen LogP contribution in [-0.4, -0.2) is 35.7 Å². The van der Waals surface area contributed by atoms with Gasteiger partial charge in [0.25, 0.3) is 0 Å². The predicted octanol–water partition coefficient (Wildman–Crippen LogP) is 2.06. The van der Waals surface area contributed by atoms with Gasteiger partial charge in [-0.05, 0) is 43.0 Å². The third-order valence-corrected chi connectivity index (χ3v) is 3.26. The van der Waals surface area contributed by atoms with Gasteiger partial charge < -0.3 is 15.3 Å². The van der Waals surface area contributed by atoms with E-state index in [0.717, 1.165) is 12.8 Å². The average Bonchev–Trinajstić information content (AvgIpc) is 2.41. The molecule has 0 spiro atoms. The number of nitrogens with zero attached hydrogens (tertiary/aromatic N) is 1. The van der Waals surface area contributed by atoms with Crippen LogP contribution in [0.2, 0.25) is 0 Å². The van der Waals surface area contributed by atoms with Gasteiger partial charge in [0.2, 0.25) is 0 Å². The Hall–Kier alpha value is -1.62. The third kappa shape index (κ3) is 3.20. The number of benzene rings is 1. The standard InChI is InChI=1S/C13H17FN2O2/c14-11-1-3-12(4-2-11)15-13(18)16-7-5-10(9-17)6-8-16/h1-4,10,17H,5-9H2,(H,15,18). The van der Waals surface area contributed by atoms with Crippen molar-refractivity contribution in [3.8, 4) is 0 Å². The highest BCUT2D eigenvalue weighted by molar-refractivity contribution is 5.89. The number of carbonyl (C=O) groups is 1. The maximum absolute atomic E-state index is 12.7. The molecule has 0 radical (unpaired) electrons. The number of nitrogens with one attached hydrogen (secondary N) is 1. The summed E-state index contributed by atoms with van der Waals surface area (Å²) in [5.41, 5.74) is 0.589. The van der Waals surface area contributed by atoms with Crippen LogP contribution in [0.5, 0.6) is 0 Å². The zero-order valence-electron chi connectivity index (χ0n) is 10.1. The smallest absolute Gasteiger partial charge is 0.321 e. The number of carbonyl (C=O) groups excluding carboxylic acids is 1. The van der Waals surface area contributed by atoms with Gasteiger partial charge in [0, 0.05) is 25.4 Å². The van der Waals surface area contributed by atoms with E-state index in [9.17, 15) is 9.18 Å². The van der Waals surface area contributed by atoms with E-state index in [0.29, 0.717) is 24.7 Å². The summed E-state index contributed by atoms with van der Waals surface area (Å²) in [5, 5.41) is 11.8. The van der Waals surface area contributed by atoms with Gasteiger partial charge in [0.15, 0.2) is 0 Å². The van der Waals surface area contributed by atoms with Crippen molar-refractivity contribution >= 4 is 11.7 Å². The van der Waals surface area contributed by atoms with Gasteiger partial charge >= 0.3 is 6.03 Å². The van der Waals surface area contributed by atoms with Crippen molar-refractivity contribution < 1.29 is 14.3 Å². The molecule has 98 valence electrons. The van der Waals surface area contributed by atoms with Gasteiger partial charge in [-0.1, -0.05) is 0 Å². The van der Waals surface area contributed by atoms with Gasteiger partial charge in [-0.15, -0.1) is 0 Å². The Morgan fingerprint density at radius 1 is 1.33 bits per heavy atom. The quantitative estimate of drug-likeness (QED) is 0.846. The molecule has 0 saturated carbocycles. The normalized spacial score (nSPS) is 16.7. The van der Waals surface area contributed by atoms with Crippen LogP contribution >= 0.6 is 0 Å². The van der Waals surface area contributed by atoms with Gasteiger partial charge in [-0.25, -0.2) is 9.18 Å². The zero-order valence-corrected chi connectivity index (χ0v) is 10.1. The van der Waals surface area contributed by atoms with E-state index in [1.165, 1.54) is 24.3 Å². The minimum Gasteiger partial charge on any atom is -0.396 e. The summed E-state index contributed by atoms with van der Waals surface area (Å²) >= 11 is 0. The highest BCUT2D eigenvalue weighted by atomic mass is 19.1. The van der Waals surface area contributed by atoms with Gasteiger partial charge in [0.05, 0.1) is 0 Å². The number of amides is 2. The van der Waals surface area contributed by atoms with E-state index in [1.54, 1.807) is 4.90 Å². The second-order valence-corrected chi connectivity index (χ2v) is 4.55. The summed E-state index contributed by atoms with van der Waals surface area (Å²) in [4.78, 5) is 13.6. The molecule has 18 heavy (non-hydrogen) atoms. The van der Waals surface area contributed by atoms with E-state index >= 15 is 0 Å². The maximum Gasteiger partial charge on any atom is 0.321 e. The fourth-order valence-corrected chi connectivity index (χ4v) is 2.05. The van der Waals surface area contributed by atoms with Crippen molar-refractivity contribution in [1.82, 2.24) is 4.90 Å². The number of piperidine rings is 1. The second kappa shape index (κ2) is 5.82. The van der Waals surface area contributed by atoms with E-state index in [4.69, 9.17) is 5.11 Å².